The largest absolute Gasteiger partial charge is 0.487 e. The van der Waals surface area contributed by atoms with Crippen molar-refractivity contribution in [3.63, 3.8) is 0 Å². The Labute approximate surface area is 233 Å². The highest BCUT2D eigenvalue weighted by molar-refractivity contribution is 6.46. The topological polar surface area (TPSA) is 110 Å². The first kappa shape index (κ1) is 26.3. The van der Waals surface area contributed by atoms with Gasteiger partial charge in [0.1, 0.15) is 17.9 Å². The smallest absolute Gasteiger partial charge is 0.343 e. The third kappa shape index (κ3) is 5.31. The van der Waals surface area contributed by atoms with Gasteiger partial charge in [-0.3, -0.25) is 19.7 Å². The molecule has 0 bridgehead atoms. The van der Waals surface area contributed by atoms with E-state index in [1.165, 1.54) is 24.3 Å². The number of carbonyl (C=O) groups excluding carboxylic acids is 3. The monoisotopic (exact) mass is 553 g/mol. The number of hydrogen-bond acceptors (Lipinski definition) is 6. The number of urea groups is 1. The summed E-state index contributed by atoms with van der Waals surface area (Å²) in [6, 6.07) is 26.7. The summed E-state index contributed by atoms with van der Waals surface area (Å²) in [5, 5.41) is 11.2. The first-order valence-corrected chi connectivity index (χ1v) is 12.4. The van der Waals surface area contributed by atoms with Crippen LogP contribution in [0.2, 0.25) is 5.02 Å². The molecule has 1 saturated heterocycles. The molecule has 4 amide bonds. The zero-order chi connectivity index (χ0) is 28.2. The molecule has 0 radical (unpaired) electrons. The molecule has 198 valence electrons. The van der Waals surface area contributed by atoms with Crippen LogP contribution in [0.5, 0.6) is 5.75 Å². The van der Waals surface area contributed by atoms with Gasteiger partial charge >= 0.3 is 6.03 Å². The molecule has 0 aromatic heterocycles. The average molecular weight is 554 g/mol. The number of non-ortho nitro benzene ring substituents is 1. The van der Waals surface area contributed by atoms with Crippen molar-refractivity contribution in [3.05, 3.63) is 135 Å². The second kappa shape index (κ2) is 11.2. The fraction of sp³-hybridized carbons (Fsp3) is 0.0333. The van der Waals surface area contributed by atoms with Crippen LogP contribution in [0.25, 0.3) is 6.08 Å². The molecule has 4 aromatic rings. The molecular formula is C30H20ClN3O6. The predicted octanol–water partition coefficient (Wildman–Crippen LogP) is 6.41. The number of imide groups is 2. The van der Waals surface area contributed by atoms with Crippen LogP contribution < -0.4 is 14.5 Å². The second-order valence-electron chi connectivity index (χ2n) is 8.70. The third-order valence-electron chi connectivity index (χ3n) is 6.06. The second-order valence-corrected chi connectivity index (χ2v) is 9.11. The van der Waals surface area contributed by atoms with Crippen LogP contribution in [-0.2, 0) is 16.2 Å². The molecule has 1 aliphatic heterocycles. The van der Waals surface area contributed by atoms with Crippen molar-refractivity contribution in [1.29, 1.82) is 0 Å². The number of barbiturate groups is 1. The summed E-state index contributed by atoms with van der Waals surface area (Å²) >= 11 is 6.43. The molecule has 1 aliphatic rings. The highest BCUT2D eigenvalue weighted by atomic mass is 35.5. The van der Waals surface area contributed by atoms with Gasteiger partial charge < -0.3 is 4.74 Å². The summed E-state index contributed by atoms with van der Waals surface area (Å²) in [5.41, 5.74) is 1.37. The van der Waals surface area contributed by atoms with Crippen molar-refractivity contribution in [1.82, 2.24) is 0 Å². The van der Waals surface area contributed by atoms with E-state index in [2.05, 4.69) is 0 Å². The molecule has 4 aromatic carbocycles. The van der Waals surface area contributed by atoms with Gasteiger partial charge in [0.2, 0.25) is 0 Å². The Kier molecular flexibility index (Phi) is 7.39. The van der Waals surface area contributed by atoms with Gasteiger partial charge in [0.25, 0.3) is 17.5 Å². The summed E-state index contributed by atoms with van der Waals surface area (Å²) in [4.78, 5) is 52.8. The lowest BCUT2D eigenvalue weighted by Crippen LogP contribution is -2.57. The van der Waals surface area contributed by atoms with Gasteiger partial charge in [0.15, 0.2) is 0 Å². The zero-order valence-corrected chi connectivity index (χ0v) is 21.5. The minimum atomic E-state index is -0.785. The number of amides is 4. The molecule has 0 atom stereocenters. The maximum Gasteiger partial charge on any atom is 0.343 e. The van der Waals surface area contributed by atoms with Crippen molar-refractivity contribution in [2.45, 2.75) is 6.61 Å². The SMILES string of the molecule is O=C1C(=Cc2ccc(OCc3cccc([N+](=O)[O-])c3)c(Cl)c2)C(=O)N(c2ccccc2)C(=O)N1c1ccccc1. The van der Waals surface area contributed by atoms with Crippen LogP contribution in [0, 0.1) is 10.1 Å². The van der Waals surface area contributed by atoms with E-state index in [9.17, 15) is 24.5 Å². The number of nitro benzene ring substituents is 1. The van der Waals surface area contributed by atoms with Gasteiger partial charge in [-0.25, -0.2) is 14.6 Å². The van der Waals surface area contributed by atoms with Crippen LogP contribution in [0.4, 0.5) is 21.9 Å². The van der Waals surface area contributed by atoms with Crippen molar-refractivity contribution in [2.24, 2.45) is 0 Å². The van der Waals surface area contributed by atoms with Crippen LogP contribution >= 0.6 is 11.6 Å². The lowest BCUT2D eigenvalue weighted by Gasteiger charge is -2.33. The number of anilines is 2. The molecule has 0 spiro atoms. The summed E-state index contributed by atoms with van der Waals surface area (Å²) in [6.07, 6.45) is 1.37. The molecular weight excluding hydrogens is 534 g/mol. The Morgan fingerprint density at radius 3 is 1.93 bits per heavy atom. The fourth-order valence-electron chi connectivity index (χ4n) is 4.15. The quantitative estimate of drug-likeness (QED) is 0.113. The van der Waals surface area contributed by atoms with Crippen molar-refractivity contribution < 1.29 is 24.0 Å². The van der Waals surface area contributed by atoms with Gasteiger partial charge in [-0.2, -0.15) is 0 Å². The molecule has 1 heterocycles. The van der Waals surface area contributed by atoms with Crippen molar-refractivity contribution >= 4 is 52.6 Å². The van der Waals surface area contributed by atoms with E-state index in [4.69, 9.17) is 16.3 Å². The standard InChI is InChI=1S/C30H20ClN3O6/c31-26-18-20(14-15-27(26)40-19-21-8-7-13-24(16-21)34(38)39)17-25-28(35)32(22-9-3-1-4-10-22)30(37)33(29(25)36)23-11-5-2-6-12-23/h1-18H,19H2. The summed E-state index contributed by atoms with van der Waals surface area (Å²) in [6.45, 7) is 0.0407. The number of benzene rings is 4. The summed E-state index contributed by atoms with van der Waals surface area (Å²) < 4.78 is 5.74. The maximum absolute atomic E-state index is 13.5. The lowest BCUT2D eigenvalue weighted by atomic mass is 10.0. The minimum Gasteiger partial charge on any atom is -0.487 e. The molecule has 9 nitrogen and oxygen atoms in total. The Morgan fingerprint density at radius 2 is 1.38 bits per heavy atom. The van der Waals surface area contributed by atoms with Gasteiger partial charge in [0.05, 0.1) is 21.3 Å². The van der Waals surface area contributed by atoms with E-state index >= 15 is 0 Å². The molecule has 0 N–H and O–H groups in total. The summed E-state index contributed by atoms with van der Waals surface area (Å²) in [7, 11) is 0. The van der Waals surface area contributed by atoms with E-state index in [1.54, 1.807) is 84.9 Å². The minimum absolute atomic E-state index is 0.0407. The third-order valence-corrected chi connectivity index (χ3v) is 6.36. The zero-order valence-electron chi connectivity index (χ0n) is 20.8. The number of carbonyl (C=O) groups is 3. The molecule has 0 unspecified atom stereocenters. The molecule has 10 heteroatoms. The number of rotatable bonds is 7. The average Bonchev–Trinajstić information content (AvgIpc) is 2.96. The van der Waals surface area contributed by atoms with E-state index in [0.29, 0.717) is 28.3 Å². The van der Waals surface area contributed by atoms with E-state index in [1.807, 2.05) is 0 Å². The maximum atomic E-state index is 13.5. The van der Waals surface area contributed by atoms with Gasteiger partial charge in [-0.15, -0.1) is 0 Å². The number of para-hydroxylation sites is 2. The molecule has 5 rings (SSSR count). The van der Waals surface area contributed by atoms with Crippen molar-refractivity contribution in [3.8, 4) is 5.75 Å². The van der Waals surface area contributed by atoms with E-state index in [-0.39, 0.29) is 22.9 Å². The van der Waals surface area contributed by atoms with Crippen LogP contribution in [-0.4, -0.2) is 22.8 Å². The number of ether oxygens (including phenoxy) is 1. The molecule has 40 heavy (non-hydrogen) atoms. The summed E-state index contributed by atoms with van der Waals surface area (Å²) in [5.74, 6) is -1.23. The van der Waals surface area contributed by atoms with E-state index < -0.39 is 22.8 Å². The highest BCUT2D eigenvalue weighted by Crippen LogP contribution is 2.31. The van der Waals surface area contributed by atoms with Gasteiger partial charge in [-0.1, -0.05) is 66.2 Å². The Balaban J connectivity index is 1.46. The molecule has 0 saturated carbocycles. The number of nitro groups is 1. The Morgan fingerprint density at radius 1 is 0.775 bits per heavy atom. The highest BCUT2D eigenvalue weighted by Gasteiger charge is 2.43. The number of hydrogen-bond donors (Lipinski definition) is 0. The van der Waals surface area contributed by atoms with E-state index in [0.717, 1.165) is 9.80 Å². The molecule has 1 fully saturated rings. The van der Waals surface area contributed by atoms with Crippen LogP contribution in [0.1, 0.15) is 11.1 Å². The Bertz CT molecular complexity index is 1590. The molecule has 0 aliphatic carbocycles. The normalized spacial score (nSPS) is 13.4. The van der Waals surface area contributed by atoms with Gasteiger partial charge in [0, 0.05) is 12.1 Å². The first-order chi connectivity index (χ1) is 19.3. The Hall–Kier alpha value is -5.28. The fourth-order valence-corrected chi connectivity index (χ4v) is 4.39. The first-order valence-electron chi connectivity index (χ1n) is 12.0. The van der Waals surface area contributed by atoms with Gasteiger partial charge in [-0.05, 0) is 53.6 Å². The predicted molar refractivity (Wildman–Crippen MR) is 150 cm³/mol. The lowest BCUT2D eigenvalue weighted by molar-refractivity contribution is -0.384. The van der Waals surface area contributed by atoms with Crippen molar-refractivity contribution in [2.75, 3.05) is 9.80 Å². The van der Waals surface area contributed by atoms with Crippen LogP contribution in [0.15, 0.2) is 109 Å². The number of halogens is 1. The number of nitrogens with zero attached hydrogens (tertiary/aromatic N) is 3. The van der Waals surface area contributed by atoms with Crippen LogP contribution in [0.3, 0.4) is 0 Å².